The number of sulfone groups is 1. The van der Waals surface area contributed by atoms with Crippen molar-refractivity contribution in [2.45, 2.75) is 4.90 Å². The van der Waals surface area contributed by atoms with Gasteiger partial charge in [0.25, 0.3) is 5.78 Å². The molecule has 1 rings (SSSR count). The summed E-state index contributed by atoms with van der Waals surface area (Å²) in [6.07, 6.45) is 0.884. The third-order valence-electron chi connectivity index (χ3n) is 1.78. The van der Waals surface area contributed by atoms with E-state index < -0.39 is 27.2 Å². The highest BCUT2D eigenvalue weighted by Crippen LogP contribution is 2.21. The number of carbonyl (C=O) groups is 2. The highest BCUT2D eigenvalue weighted by Gasteiger charge is 2.23. The fourth-order valence-electron chi connectivity index (χ4n) is 1.12. The van der Waals surface area contributed by atoms with Gasteiger partial charge in [-0.3, -0.25) is 4.79 Å². The number of carboxylic acids is 1. The van der Waals surface area contributed by atoms with Crippen LogP contribution in [0.25, 0.3) is 0 Å². The Morgan fingerprint density at radius 3 is 2.31 bits per heavy atom. The largest absolute Gasteiger partial charge is 0.475 e. The smallest absolute Gasteiger partial charge is 0.377 e. The van der Waals surface area contributed by atoms with E-state index in [-0.39, 0.29) is 9.92 Å². The van der Waals surface area contributed by atoms with Crippen LogP contribution in [0, 0.1) is 0 Å². The first kappa shape index (κ1) is 12.7. The Hall–Kier alpha value is -1.40. The van der Waals surface area contributed by atoms with Gasteiger partial charge in [-0.1, -0.05) is 11.6 Å². The number of hydrogen-bond acceptors (Lipinski definition) is 4. The van der Waals surface area contributed by atoms with E-state index in [4.69, 9.17) is 16.7 Å². The Morgan fingerprint density at radius 2 is 1.88 bits per heavy atom. The monoisotopic (exact) mass is 262 g/mol. The van der Waals surface area contributed by atoms with Crippen molar-refractivity contribution in [2.24, 2.45) is 0 Å². The zero-order valence-corrected chi connectivity index (χ0v) is 9.67. The van der Waals surface area contributed by atoms with E-state index >= 15 is 0 Å². The molecule has 1 aromatic carbocycles. The number of Topliss-reactive ketones (excluding diaryl/α,β-unsaturated/α-hetero) is 1. The van der Waals surface area contributed by atoms with Crippen LogP contribution in [0.2, 0.25) is 5.02 Å². The molecule has 0 radical (unpaired) electrons. The SMILES string of the molecule is CS(=O)(=O)c1ccc(Cl)cc1C(=O)C(=O)O. The van der Waals surface area contributed by atoms with Crippen LogP contribution in [0.3, 0.4) is 0 Å². The number of ketones is 1. The summed E-state index contributed by atoms with van der Waals surface area (Å²) in [7, 11) is -3.67. The molecule has 0 unspecified atom stereocenters. The maximum absolute atomic E-state index is 11.3. The van der Waals surface area contributed by atoms with Gasteiger partial charge < -0.3 is 5.11 Å². The first-order chi connectivity index (χ1) is 7.23. The van der Waals surface area contributed by atoms with Crippen molar-refractivity contribution in [1.29, 1.82) is 0 Å². The molecule has 0 amide bonds. The van der Waals surface area contributed by atoms with Crippen LogP contribution < -0.4 is 0 Å². The topological polar surface area (TPSA) is 88.5 Å². The normalized spacial score (nSPS) is 11.1. The van der Waals surface area contributed by atoms with Crippen molar-refractivity contribution in [3.63, 3.8) is 0 Å². The number of carboxylic acid groups (broad SMARTS) is 1. The molecule has 0 aliphatic heterocycles. The van der Waals surface area contributed by atoms with Gasteiger partial charge in [0.2, 0.25) is 0 Å². The van der Waals surface area contributed by atoms with Gasteiger partial charge in [0.15, 0.2) is 9.84 Å². The van der Waals surface area contributed by atoms with Crippen LogP contribution in [-0.4, -0.2) is 31.5 Å². The van der Waals surface area contributed by atoms with Gasteiger partial charge in [0, 0.05) is 16.8 Å². The van der Waals surface area contributed by atoms with Crippen LogP contribution in [0.5, 0.6) is 0 Å². The maximum atomic E-state index is 11.3. The summed E-state index contributed by atoms with van der Waals surface area (Å²) in [6, 6.07) is 3.40. The first-order valence-electron chi connectivity index (χ1n) is 4.00. The lowest BCUT2D eigenvalue weighted by atomic mass is 10.1. The summed E-state index contributed by atoms with van der Waals surface area (Å²) in [4.78, 5) is 21.4. The van der Waals surface area contributed by atoms with E-state index in [2.05, 4.69) is 0 Å². The van der Waals surface area contributed by atoms with Gasteiger partial charge >= 0.3 is 5.97 Å². The summed E-state index contributed by atoms with van der Waals surface area (Å²) in [6.45, 7) is 0. The molecule has 86 valence electrons. The van der Waals surface area contributed by atoms with E-state index in [1.165, 1.54) is 6.07 Å². The fourth-order valence-corrected chi connectivity index (χ4v) is 2.16. The molecule has 0 fully saturated rings. The van der Waals surface area contributed by atoms with Crippen LogP contribution in [0.4, 0.5) is 0 Å². The second kappa shape index (κ2) is 4.23. The lowest BCUT2D eigenvalue weighted by molar-refractivity contribution is -0.131. The van der Waals surface area contributed by atoms with Crippen molar-refractivity contribution < 1.29 is 23.1 Å². The zero-order chi connectivity index (χ0) is 12.5. The predicted octanol–water partition coefficient (Wildman–Crippen LogP) is 1.01. The molecule has 16 heavy (non-hydrogen) atoms. The quantitative estimate of drug-likeness (QED) is 0.649. The Balaban J connectivity index is 3.53. The number of hydrogen-bond donors (Lipinski definition) is 1. The number of benzene rings is 1. The second-order valence-electron chi connectivity index (χ2n) is 3.05. The minimum absolute atomic E-state index is 0.0944. The molecule has 0 aliphatic carbocycles. The molecule has 0 bridgehead atoms. The van der Waals surface area contributed by atoms with Gasteiger partial charge in [0.1, 0.15) is 0 Å². The molecular weight excluding hydrogens is 256 g/mol. The molecule has 0 heterocycles. The average molecular weight is 263 g/mol. The maximum Gasteiger partial charge on any atom is 0.377 e. The van der Waals surface area contributed by atoms with Crippen LogP contribution in [-0.2, 0) is 14.6 Å². The Kier molecular flexibility index (Phi) is 3.35. The van der Waals surface area contributed by atoms with Crippen LogP contribution in [0.1, 0.15) is 10.4 Å². The van der Waals surface area contributed by atoms with Crippen molar-refractivity contribution in [3.05, 3.63) is 28.8 Å². The standard InChI is InChI=1S/C9H7ClO5S/c1-16(14,15)7-3-2-5(10)4-6(7)8(11)9(12)13/h2-4H,1H3,(H,12,13). The predicted molar refractivity (Wildman–Crippen MR) is 56.5 cm³/mol. The molecule has 1 aromatic rings. The molecule has 0 spiro atoms. The summed E-state index contributed by atoms with van der Waals surface area (Å²) in [5.41, 5.74) is -0.428. The third kappa shape index (κ3) is 2.59. The first-order valence-corrected chi connectivity index (χ1v) is 6.27. The van der Waals surface area contributed by atoms with Gasteiger partial charge in [-0.15, -0.1) is 0 Å². The molecule has 0 aliphatic rings. The molecule has 0 atom stereocenters. The van der Waals surface area contributed by atoms with E-state index in [1.54, 1.807) is 0 Å². The van der Waals surface area contributed by atoms with Gasteiger partial charge in [-0.25, -0.2) is 13.2 Å². The van der Waals surface area contributed by atoms with Crippen molar-refractivity contribution in [1.82, 2.24) is 0 Å². The lowest BCUT2D eigenvalue weighted by Gasteiger charge is -2.04. The Bertz CT molecular complexity index is 561. The van der Waals surface area contributed by atoms with E-state index in [1.807, 2.05) is 0 Å². The number of aliphatic carboxylic acids is 1. The van der Waals surface area contributed by atoms with Crippen molar-refractivity contribution >= 4 is 33.2 Å². The van der Waals surface area contributed by atoms with Gasteiger partial charge in [-0.2, -0.15) is 0 Å². The summed E-state index contributed by atoms with van der Waals surface area (Å²) in [5.74, 6) is -3.03. The third-order valence-corrected chi connectivity index (χ3v) is 3.17. The van der Waals surface area contributed by atoms with Crippen molar-refractivity contribution in [3.8, 4) is 0 Å². The summed E-state index contributed by atoms with van der Waals surface area (Å²) in [5, 5.41) is 8.62. The van der Waals surface area contributed by atoms with E-state index in [0.717, 1.165) is 18.4 Å². The minimum atomic E-state index is -3.67. The van der Waals surface area contributed by atoms with Gasteiger partial charge in [0.05, 0.1) is 4.90 Å². The molecule has 1 N–H and O–H groups in total. The van der Waals surface area contributed by atoms with E-state index in [0.29, 0.717) is 0 Å². The van der Waals surface area contributed by atoms with Crippen LogP contribution >= 0.6 is 11.6 Å². The molecule has 0 aromatic heterocycles. The molecule has 0 saturated carbocycles. The van der Waals surface area contributed by atoms with Crippen LogP contribution in [0.15, 0.2) is 23.1 Å². The van der Waals surface area contributed by atoms with Crippen molar-refractivity contribution in [2.75, 3.05) is 6.26 Å². The fraction of sp³-hybridized carbons (Fsp3) is 0.111. The molecule has 7 heteroatoms. The van der Waals surface area contributed by atoms with Gasteiger partial charge in [-0.05, 0) is 18.2 Å². The second-order valence-corrected chi connectivity index (χ2v) is 5.47. The van der Waals surface area contributed by atoms with E-state index in [9.17, 15) is 18.0 Å². The summed E-state index contributed by atoms with van der Waals surface area (Å²) < 4.78 is 22.6. The summed E-state index contributed by atoms with van der Waals surface area (Å²) >= 11 is 5.58. The zero-order valence-electron chi connectivity index (χ0n) is 8.10. The lowest BCUT2D eigenvalue weighted by Crippen LogP contribution is -2.16. The highest BCUT2D eigenvalue weighted by molar-refractivity contribution is 7.90. The molecule has 5 nitrogen and oxygen atoms in total. The highest BCUT2D eigenvalue weighted by atomic mass is 35.5. The number of rotatable bonds is 3. The number of carbonyl (C=O) groups excluding carboxylic acids is 1. The minimum Gasteiger partial charge on any atom is -0.475 e. The Labute approximate surface area is 96.6 Å². The Morgan fingerprint density at radius 1 is 1.31 bits per heavy atom. The average Bonchev–Trinajstić information content (AvgIpc) is 2.14. The molecule has 0 saturated heterocycles. The molecular formula is C9H7ClO5S. The number of halogens is 1.